The molecule has 7 heavy (non-hydrogen) atoms. The molecule has 4 N–H and O–H groups in total. The van der Waals surface area contributed by atoms with Crippen LogP contribution in [0.2, 0.25) is 0 Å². The second-order valence-electron chi connectivity index (χ2n) is 1.67. The van der Waals surface area contributed by atoms with Gasteiger partial charge in [0.25, 0.3) is 0 Å². The maximum Gasteiger partial charge on any atom is 0.0337 e. The van der Waals surface area contributed by atoms with Gasteiger partial charge in [-0.25, -0.2) is 0 Å². The van der Waals surface area contributed by atoms with Crippen LogP contribution in [0.25, 0.3) is 0 Å². The van der Waals surface area contributed by atoms with Crippen LogP contribution < -0.4 is 11.5 Å². The molecule has 0 heterocycles. The van der Waals surface area contributed by atoms with Gasteiger partial charge >= 0.3 is 0 Å². The van der Waals surface area contributed by atoms with E-state index in [-0.39, 0.29) is 11.7 Å². The van der Waals surface area contributed by atoms with Crippen molar-refractivity contribution in [2.75, 3.05) is 0 Å². The highest BCUT2D eigenvalue weighted by Gasteiger charge is 1.99. The normalized spacial score (nSPS) is 18.6. The molecule has 2 nitrogen and oxygen atoms in total. The van der Waals surface area contributed by atoms with Gasteiger partial charge in [0, 0.05) is 21.9 Å². The van der Waals surface area contributed by atoms with Gasteiger partial charge in [0.1, 0.15) is 0 Å². The molecule has 0 bridgehead atoms. The second kappa shape index (κ2) is 2.96. The zero-order valence-corrected chi connectivity index (χ0v) is 6.59. The minimum atomic E-state index is 0.00617. The van der Waals surface area contributed by atoms with Gasteiger partial charge in [0.15, 0.2) is 0 Å². The fourth-order valence-electron chi connectivity index (χ4n) is 0.215. The Morgan fingerprint density at radius 2 is 2.00 bits per heavy atom. The van der Waals surface area contributed by atoms with Crippen LogP contribution in [-0.4, -0.2) is 21.9 Å². The van der Waals surface area contributed by atoms with Crippen LogP contribution in [-0.2, 0) is 0 Å². The van der Waals surface area contributed by atoms with Gasteiger partial charge in [-0.15, -0.1) is 6.58 Å². The van der Waals surface area contributed by atoms with Crippen LogP contribution in [0.5, 0.6) is 0 Å². The molecule has 0 saturated heterocycles. The lowest BCUT2D eigenvalue weighted by Crippen LogP contribution is -2.39. The van der Waals surface area contributed by atoms with Crippen molar-refractivity contribution in [3.8, 4) is 0 Å². The van der Waals surface area contributed by atoms with Gasteiger partial charge in [-0.3, -0.25) is 0 Å². The molecule has 0 aromatic heterocycles. The summed E-state index contributed by atoms with van der Waals surface area (Å²) in [7, 11) is 0.944. The topological polar surface area (TPSA) is 52.0 Å². The molecule has 2 unspecified atom stereocenters. The highest BCUT2D eigenvalue weighted by Crippen LogP contribution is 1.78. The highest BCUT2D eigenvalue weighted by molar-refractivity contribution is 6.12. The van der Waals surface area contributed by atoms with Crippen LogP contribution in [0.1, 0.15) is 0 Å². The fraction of sp³-hybridized carbons (Fsp3) is 0.500. The van der Waals surface area contributed by atoms with E-state index in [0.29, 0.717) is 0 Å². The summed E-state index contributed by atoms with van der Waals surface area (Å²) >= 11 is 0. The predicted octanol–water partition coefficient (Wildman–Crippen LogP) is -1.85. The van der Waals surface area contributed by atoms with Gasteiger partial charge in [0.2, 0.25) is 0 Å². The number of hydrogen-bond acceptors (Lipinski definition) is 2. The summed E-state index contributed by atoms with van der Waals surface area (Å²) in [6.45, 7) is 3.50. The minimum absolute atomic E-state index is 0.00617. The molecule has 0 rings (SSSR count). The molecule has 0 aliphatic carbocycles. The third kappa shape index (κ3) is 2.56. The van der Waals surface area contributed by atoms with Crippen LogP contribution in [0, 0.1) is 0 Å². The standard InChI is InChI=1S/C4H12N2Si/c1-2-3(5)4(6)7/h2-4H,1,5-6H2,7H3. The summed E-state index contributed by atoms with van der Waals surface area (Å²) in [6.07, 6.45) is 1.68. The van der Waals surface area contributed by atoms with Crippen LogP contribution in [0.4, 0.5) is 0 Å². The van der Waals surface area contributed by atoms with Crippen molar-refractivity contribution >= 4 is 10.2 Å². The Morgan fingerprint density at radius 3 is 2.00 bits per heavy atom. The summed E-state index contributed by atoms with van der Waals surface area (Å²) in [5.41, 5.74) is 11.0. The van der Waals surface area contributed by atoms with E-state index < -0.39 is 0 Å². The predicted molar refractivity (Wildman–Crippen MR) is 36.1 cm³/mol. The first-order valence-corrected chi connectivity index (χ1v) is 3.47. The van der Waals surface area contributed by atoms with E-state index in [0.717, 1.165) is 10.2 Å². The first-order valence-electron chi connectivity index (χ1n) is 2.32. The summed E-state index contributed by atoms with van der Waals surface area (Å²) in [4.78, 5) is 0. The average molecular weight is 116 g/mol. The summed E-state index contributed by atoms with van der Waals surface area (Å²) < 4.78 is 0. The molecular weight excluding hydrogens is 104 g/mol. The molecule has 0 aromatic carbocycles. The zero-order chi connectivity index (χ0) is 5.86. The van der Waals surface area contributed by atoms with Crippen molar-refractivity contribution in [2.24, 2.45) is 11.5 Å². The molecule has 0 aliphatic rings. The average Bonchev–Trinajstić information content (AvgIpc) is 1.65. The Kier molecular flexibility index (Phi) is 2.90. The Morgan fingerprint density at radius 1 is 1.57 bits per heavy atom. The van der Waals surface area contributed by atoms with Gasteiger partial charge in [0.05, 0.1) is 0 Å². The third-order valence-corrected chi connectivity index (χ3v) is 1.65. The largest absolute Gasteiger partial charge is 0.329 e. The van der Waals surface area contributed by atoms with Crippen molar-refractivity contribution in [3.05, 3.63) is 12.7 Å². The lowest BCUT2D eigenvalue weighted by molar-refractivity contribution is 0.765. The van der Waals surface area contributed by atoms with Crippen LogP contribution in [0.15, 0.2) is 12.7 Å². The van der Waals surface area contributed by atoms with Crippen LogP contribution >= 0.6 is 0 Å². The summed E-state index contributed by atoms with van der Waals surface area (Å²) in [6, 6.07) is 0.00617. The lowest BCUT2D eigenvalue weighted by Gasteiger charge is -2.08. The quantitative estimate of drug-likeness (QED) is 0.329. The first kappa shape index (κ1) is 6.88. The van der Waals surface area contributed by atoms with E-state index in [1.807, 2.05) is 0 Å². The Labute approximate surface area is 47.0 Å². The molecule has 2 atom stereocenters. The van der Waals surface area contributed by atoms with E-state index in [4.69, 9.17) is 11.5 Å². The van der Waals surface area contributed by atoms with Crippen molar-refractivity contribution in [1.29, 1.82) is 0 Å². The van der Waals surface area contributed by atoms with Crippen molar-refractivity contribution in [2.45, 2.75) is 11.7 Å². The lowest BCUT2D eigenvalue weighted by atomic mass is 10.3. The van der Waals surface area contributed by atoms with Gasteiger partial charge in [-0.1, -0.05) is 6.08 Å². The summed E-state index contributed by atoms with van der Waals surface area (Å²) in [5.74, 6) is 0. The fourth-order valence-corrected chi connectivity index (χ4v) is 0.487. The van der Waals surface area contributed by atoms with E-state index in [1.54, 1.807) is 6.08 Å². The van der Waals surface area contributed by atoms with Crippen molar-refractivity contribution < 1.29 is 0 Å². The Balaban J connectivity index is 3.33. The van der Waals surface area contributed by atoms with Gasteiger partial charge in [-0.2, -0.15) is 0 Å². The van der Waals surface area contributed by atoms with E-state index in [1.165, 1.54) is 0 Å². The number of nitrogens with two attached hydrogens (primary N) is 2. The monoisotopic (exact) mass is 116 g/mol. The second-order valence-corrected chi connectivity index (χ2v) is 3.01. The Bertz CT molecular complexity index is 62.7. The SMILES string of the molecule is C=CC(N)C(N)[SiH3]. The minimum Gasteiger partial charge on any atom is -0.329 e. The maximum absolute atomic E-state index is 5.41. The molecule has 0 amide bonds. The van der Waals surface area contributed by atoms with E-state index >= 15 is 0 Å². The molecule has 42 valence electrons. The molecule has 0 fully saturated rings. The van der Waals surface area contributed by atoms with Gasteiger partial charge < -0.3 is 11.5 Å². The maximum atomic E-state index is 5.41. The highest BCUT2D eigenvalue weighted by atomic mass is 28.1. The molecular formula is C4H12N2Si. The van der Waals surface area contributed by atoms with Crippen molar-refractivity contribution in [3.63, 3.8) is 0 Å². The summed E-state index contributed by atoms with van der Waals surface area (Å²) in [5, 5.41) is 0. The number of hydrogen-bond donors (Lipinski definition) is 2. The van der Waals surface area contributed by atoms with E-state index in [2.05, 4.69) is 6.58 Å². The molecule has 0 saturated carbocycles. The zero-order valence-electron chi connectivity index (χ0n) is 4.59. The molecule has 0 aromatic rings. The number of rotatable bonds is 2. The van der Waals surface area contributed by atoms with E-state index in [9.17, 15) is 0 Å². The molecule has 3 heteroatoms. The van der Waals surface area contributed by atoms with Crippen molar-refractivity contribution in [1.82, 2.24) is 0 Å². The van der Waals surface area contributed by atoms with Gasteiger partial charge in [-0.05, 0) is 0 Å². The smallest absolute Gasteiger partial charge is 0.0337 e. The molecule has 0 spiro atoms. The Hall–Kier alpha value is -0.123. The third-order valence-electron chi connectivity index (χ3n) is 0.879. The first-order chi connectivity index (χ1) is 3.18. The molecule has 0 aliphatic heterocycles. The molecule has 0 radical (unpaired) electrons. The van der Waals surface area contributed by atoms with Crippen LogP contribution in [0.3, 0.4) is 0 Å².